The second kappa shape index (κ2) is 11.1. The first-order chi connectivity index (χ1) is 16.3. The van der Waals surface area contributed by atoms with Gasteiger partial charge in [-0.05, 0) is 31.2 Å². The van der Waals surface area contributed by atoms with Crippen LogP contribution >= 0.6 is 11.6 Å². The summed E-state index contributed by atoms with van der Waals surface area (Å²) in [6.07, 6.45) is 1.82. The van der Waals surface area contributed by atoms with Gasteiger partial charge in [0.05, 0.1) is 32.1 Å². The van der Waals surface area contributed by atoms with Crippen molar-refractivity contribution in [3.63, 3.8) is 0 Å². The van der Waals surface area contributed by atoms with E-state index in [0.717, 1.165) is 5.56 Å². The van der Waals surface area contributed by atoms with E-state index >= 15 is 0 Å². The third-order valence-corrected chi connectivity index (χ3v) is 5.52. The first kappa shape index (κ1) is 25.1. The first-order valence-electron chi connectivity index (χ1n) is 10.9. The number of rotatable bonds is 9. The van der Waals surface area contributed by atoms with Crippen LogP contribution < -0.4 is 14.8 Å². The molecule has 1 N–H and O–H groups in total. The van der Waals surface area contributed by atoms with Crippen LogP contribution in [-0.2, 0) is 9.59 Å². The van der Waals surface area contributed by atoms with Crippen molar-refractivity contribution < 1.29 is 19.1 Å². The Balaban J connectivity index is 1.98. The highest BCUT2D eigenvalue weighted by molar-refractivity contribution is 6.30. The van der Waals surface area contributed by atoms with E-state index in [9.17, 15) is 9.59 Å². The topological polar surface area (TPSA) is 85.7 Å². The van der Waals surface area contributed by atoms with Gasteiger partial charge in [0.15, 0.2) is 11.5 Å². The molecule has 1 heterocycles. The first-order valence-corrected chi connectivity index (χ1v) is 11.3. The summed E-state index contributed by atoms with van der Waals surface area (Å²) in [6, 6.07) is 12.7. The Morgan fingerprint density at radius 1 is 1.09 bits per heavy atom. The molecular weight excluding hydrogens is 456 g/mol. The van der Waals surface area contributed by atoms with E-state index in [0.29, 0.717) is 40.4 Å². The molecule has 0 unspecified atom stereocenters. The molecule has 0 aliphatic rings. The molecule has 8 nitrogen and oxygen atoms in total. The Bertz CT molecular complexity index is 1160. The van der Waals surface area contributed by atoms with E-state index in [1.54, 1.807) is 43.1 Å². The zero-order valence-corrected chi connectivity index (χ0v) is 20.7. The van der Waals surface area contributed by atoms with E-state index in [4.69, 9.17) is 21.1 Å². The van der Waals surface area contributed by atoms with Crippen LogP contribution in [0.15, 0.2) is 48.7 Å². The molecule has 0 aliphatic heterocycles. The predicted octanol–water partition coefficient (Wildman–Crippen LogP) is 4.65. The highest BCUT2D eigenvalue weighted by atomic mass is 35.5. The van der Waals surface area contributed by atoms with Gasteiger partial charge in [-0.2, -0.15) is 0 Å². The number of carbonyl (C=O) groups is 2. The molecule has 0 bridgehead atoms. The summed E-state index contributed by atoms with van der Waals surface area (Å²) >= 11 is 6.03. The van der Waals surface area contributed by atoms with E-state index in [-0.39, 0.29) is 24.3 Å². The number of halogens is 1. The van der Waals surface area contributed by atoms with Gasteiger partial charge in [0.1, 0.15) is 0 Å². The van der Waals surface area contributed by atoms with Gasteiger partial charge in [-0.25, -0.2) is 4.98 Å². The van der Waals surface area contributed by atoms with Crippen LogP contribution in [0.1, 0.15) is 20.8 Å². The van der Waals surface area contributed by atoms with Crippen molar-refractivity contribution in [2.24, 2.45) is 5.92 Å². The van der Waals surface area contributed by atoms with Gasteiger partial charge in [0.25, 0.3) is 0 Å². The number of methoxy groups -OCH3 is 2. The number of hydrogen-bond acceptors (Lipinski definition) is 5. The van der Waals surface area contributed by atoms with E-state index in [1.807, 2.05) is 45.2 Å². The van der Waals surface area contributed by atoms with Crippen LogP contribution in [0.3, 0.4) is 0 Å². The van der Waals surface area contributed by atoms with Crippen molar-refractivity contribution in [1.29, 1.82) is 0 Å². The highest BCUT2D eigenvalue weighted by Crippen LogP contribution is 2.32. The van der Waals surface area contributed by atoms with Crippen molar-refractivity contribution in [2.45, 2.75) is 20.8 Å². The second-order valence-electron chi connectivity index (χ2n) is 7.92. The average Bonchev–Trinajstić information content (AvgIpc) is 3.25. The van der Waals surface area contributed by atoms with Crippen molar-refractivity contribution in [3.8, 4) is 28.4 Å². The van der Waals surface area contributed by atoms with Gasteiger partial charge in [0.2, 0.25) is 17.8 Å². The molecule has 2 amide bonds. The number of likely N-dealkylation sites (N-methyl/N-ethyl adjacent to an activating group) is 1. The summed E-state index contributed by atoms with van der Waals surface area (Å²) in [6.45, 7) is 5.83. The molecule has 34 heavy (non-hydrogen) atoms. The van der Waals surface area contributed by atoms with Crippen molar-refractivity contribution in [2.75, 3.05) is 32.6 Å². The molecule has 0 radical (unpaired) electrons. The number of ether oxygens (including phenoxy) is 2. The number of aromatic nitrogens is 2. The third-order valence-electron chi connectivity index (χ3n) is 5.26. The maximum Gasteiger partial charge on any atom is 0.246 e. The lowest BCUT2D eigenvalue weighted by molar-refractivity contribution is -0.137. The van der Waals surface area contributed by atoms with Crippen LogP contribution in [0.25, 0.3) is 16.9 Å². The zero-order chi connectivity index (χ0) is 24.8. The van der Waals surface area contributed by atoms with E-state index in [1.165, 1.54) is 4.90 Å². The van der Waals surface area contributed by atoms with Crippen molar-refractivity contribution in [1.82, 2.24) is 14.5 Å². The van der Waals surface area contributed by atoms with Gasteiger partial charge in [0, 0.05) is 35.3 Å². The number of nitrogens with one attached hydrogen (secondary N) is 1. The molecule has 0 aliphatic carbocycles. The maximum absolute atomic E-state index is 12.9. The SMILES string of the molecule is CCN(CC(=O)Nc1nc(-c2ccc(Cl)cc2)cn1-c1ccc(OC)c(OC)c1)C(=O)C(C)C. The lowest BCUT2D eigenvalue weighted by Gasteiger charge is -2.22. The molecule has 1 aromatic heterocycles. The quantitative estimate of drug-likeness (QED) is 0.477. The molecule has 0 fully saturated rings. The Kier molecular flexibility index (Phi) is 8.17. The Hall–Kier alpha value is -3.52. The Morgan fingerprint density at radius 2 is 1.76 bits per heavy atom. The van der Waals surface area contributed by atoms with Crippen LogP contribution in [0.2, 0.25) is 5.02 Å². The Labute approximate surface area is 204 Å². The minimum atomic E-state index is -0.342. The number of amides is 2. The minimum absolute atomic E-state index is 0.0669. The summed E-state index contributed by atoms with van der Waals surface area (Å²) in [5, 5.41) is 3.47. The fourth-order valence-corrected chi connectivity index (χ4v) is 3.57. The second-order valence-corrected chi connectivity index (χ2v) is 8.36. The largest absolute Gasteiger partial charge is 0.493 e. The summed E-state index contributed by atoms with van der Waals surface area (Å²) in [5.41, 5.74) is 2.20. The summed E-state index contributed by atoms with van der Waals surface area (Å²) in [5.74, 6) is 0.821. The van der Waals surface area contributed by atoms with Gasteiger partial charge < -0.3 is 14.4 Å². The summed E-state index contributed by atoms with van der Waals surface area (Å²) < 4.78 is 12.5. The summed E-state index contributed by atoms with van der Waals surface area (Å²) in [7, 11) is 3.12. The molecular formula is C25H29ClN4O4. The van der Waals surface area contributed by atoms with Gasteiger partial charge in [-0.1, -0.05) is 37.6 Å². The number of imidazole rings is 1. The number of benzene rings is 2. The van der Waals surface area contributed by atoms with Gasteiger partial charge in [-0.3, -0.25) is 19.5 Å². The molecule has 0 saturated carbocycles. The van der Waals surface area contributed by atoms with Crippen LogP contribution in [0, 0.1) is 5.92 Å². The van der Waals surface area contributed by atoms with Crippen molar-refractivity contribution >= 4 is 29.4 Å². The van der Waals surface area contributed by atoms with Crippen molar-refractivity contribution in [3.05, 3.63) is 53.7 Å². The molecule has 9 heteroatoms. The molecule has 3 aromatic rings. The van der Waals surface area contributed by atoms with Gasteiger partial charge >= 0.3 is 0 Å². The highest BCUT2D eigenvalue weighted by Gasteiger charge is 2.21. The van der Waals surface area contributed by atoms with E-state index < -0.39 is 0 Å². The van der Waals surface area contributed by atoms with Crippen LogP contribution in [0.4, 0.5) is 5.95 Å². The predicted molar refractivity (Wildman–Crippen MR) is 133 cm³/mol. The number of anilines is 1. The average molecular weight is 485 g/mol. The monoisotopic (exact) mass is 484 g/mol. The minimum Gasteiger partial charge on any atom is -0.493 e. The Morgan fingerprint density at radius 3 is 2.35 bits per heavy atom. The normalized spacial score (nSPS) is 10.8. The molecule has 0 saturated heterocycles. The third kappa shape index (κ3) is 5.69. The fourth-order valence-electron chi connectivity index (χ4n) is 3.45. The molecule has 0 atom stereocenters. The molecule has 180 valence electrons. The maximum atomic E-state index is 12.9. The smallest absolute Gasteiger partial charge is 0.246 e. The van der Waals surface area contributed by atoms with E-state index in [2.05, 4.69) is 10.3 Å². The molecule has 0 spiro atoms. The summed E-state index contributed by atoms with van der Waals surface area (Å²) in [4.78, 5) is 31.4. The van der Waals surface area contributed by atoms with Gasteiger partial charge in [-0.15, -0.1) is 0 Å². The zero-order valence-electron chi connectivity index (χ0n) is 20.0. The van der Waals surface area contributed by atoms with Crippen LogP contribution in [-0.4, -0.2) is 53.6 Å². The molecule has 3 rings (SSSR count). The lowest BCUT2D eigenvalue weighted by atomic mass is 10.2. The standard InChI is InChI=1S/C25H29ClN4O4/c1-6-29(24(32)16(2)3)15-23(31)28-25-27-20(17-7-9-18(26)10-8-17)14-30(25)19-11-12-21(33-4)22(13-19)34-5/h7-14,16H,6,15H2,1-5H3,(H,27,28,31). The number of carbonyl (C=O) groups excluding carboxylic acids is 2. The molecule has 2 aromatic carbocycles. The number of hydrogen-bond donors (Lipinski definition) is 1. The lowest BCUT2D eigenvalue weighted by Crippen LogP contribution is -2.40. The fraction of sp³-hybridized carbons (Fsp3) is 0.320. The van der Waals surface area contributed by atoms with Crippen LogP contribution in [0.5, 0.6) is 11.5 Å². The number of nitrogens with zero attached hydrogens (tertiary/aromatic N) is 3.